The number of aryl methyl sites for hydroxylation is 1. The lowest BCUT2D eigenvalue weighted by molar-refractivity contribution is -0.113. The molecule has 5 nitrogen and oxygen atoms in total. The molecular weight excluding hydrogens is 605 g/mol. The quantitative estimate of drug-likeness (QED) is 0.196. The minimum atomic E-state index is -0.161. The molecule has 5 rings (SSSR count). The van der Waals surface area contributed by atoms with Crippen molar-refractivity contribution < 1.29 is 4.79 Å². The third-order valence-corrected chi connectivity index (χ3v) is 7.02. The van der Waals surface area contributed by atoms with Crippen LogP contribution in [-0.2, 0) is 4.79 Å². The van der Waals surface area contributed by atoms with Gasteiger partial charge in [-0.3, -0.25) is 14.2 Å². The van der Waals surface area contributed by atoms with Crippen LogP contribution in [0.25, 0.3) is 28.2 Å². The Kier molecular flexibility index (Phi) is 6.16. The molecule has 1 aliphatic rings. The van der Waals surface area contributed by atoms with E-state index in [2.05, 4.69) is 45.4 Å². The maximum absolute atomic E-state index is 13.7. The Labute approximate surface area is 219 Å². The summed E-state index contributed by atoms with van der Waals surface area (Å²) in [7, 11) is 0. The van der Waals surface area contributed by atoms with E-state index in [0.29, 0.717) is 28.8 Å². The minimum absolute atomic E-state index is 0.0808. The molecule has 34 heavy (non-hydrogen) atoms. The second-order valence-corrected chi connectivity index (χ2v) is 10.4. The molecule has 0 saturated heterocycles. The molecule has 1 aromatic heterocycles. The fourth-order valence-corrected chi connectivity index (χ4v) is 5.18. The number of hydrogen-bond acceptors (Lipinski definition) is 3. The van der Waals surface area contributed by atoms with Crippen molar-refractivity contribution in [2.75, 3.05) is 11.4 Å². The van der Waals surface area contributed by atoms with Crippen LogP contribution in [0.2, 0.25) is 0 Å². The maximum atomic E-state index is 13.7. The van der Waals surface area contributed by atoms with Crippen LogP contribution in [0.5, 0.6) is 0 Å². The van der Waals surface area contributed by atoms with Gasteiger partial charge in [-0.05, 0) is 96.1 Å². The number of benzene rings is 3. The van der Waals surface area contributed by atoms with Crippen LogP contribution < -0.4 is 10.5 Å². The molecule has 2 heterocycles. The second kappa shape index (κ2) is 9.11. The normalized spacial score (nSPS) is 14.3. The summed E-state index contributed by atoms with van der Waals surface area (Å²) in [5.41, 5.74) is 4.43. The van der Waals surface area contributed by atoms with Crippen molar-refractivity contribution in [1.82, 2.24) is 9.55 Å². The van der Waals surface area contributed by atoms with Gasteiger partial charge >= 0.3 is 0 Å². The predicted octanol–water partition coefficient (Wildman–Crippen LogP) is 6.36. The Morgan fingerprint density at radius 2 is 1.88 bits per heavy atom. The molecule has 0 radical (unpaired) electrons. The van der Waals surface area contributed by atoms with Crippen molar-refractivity contribution in [1.29, 1.82) is 0 Å². The highest BCUT2D eigenvalue weighted by atomic mass is 127. The van der Waals surface area contributed by atoms with E-state index >= 15 is 0 Å². The van der Waals surface area contributed by atoms with E-state index in [0.717, 1.165) is 37.0 Å². The molecular formula is C27H21BrIN3O2. The van der Waals surface area contributed by atoms with Crippen molar-refractivity contribution in [3.63, 3.8) is 0 Å². The van der Waals surface area contributed by atoms with Crippen molar-refractivity contribution in [2.45, 2.75) is 20.3 Å². The summed E-state index contributed by atoms with van der Waals surface area (Å²) in [6.07, 6.45) is 2.60. The van der Waals surface area contributed by atoms with Gasteiger partial charge in [0.05, 0.1) is 27.9 Å². The fraction of sp³-hybridized carbons (Fsp3) is 0.148. The molecule has 0 fully saturated rings. The molecule has 0 bridgehead atoms. The monoisotopic (exact) mass is 625 g/mol. The molecule has 7 heteroatoms. The van der Waals surface area contributed by atoms with Crippen LogP contribution in [0, 0.1) is 10.5 Å². The lowest BCUT2D eigenvalue weighted by Crippen LogP contribution is -2.27. The minimum Gasteiger partial charge on any atom is -0.308 e. The molecule has 1 amide bonds. The largest absolute Gasteiger partial charge is 0.308 e. The molecule has 0 spiro atoms. The summed E-state index contributed by atoms with van der Waals surface area (Å²) in [4.78, 5) is 33.9. The lowest BCUT2D eigenvalue weighted by atomic mass is 10.1. The van der Waals surface area contributed by atoms with Gasteiger partial charge in [-0.1, -0.05) is 35.0 Å². The van der Waals surface area contributed by atoms with E-state index in [-0.39, 0.29) is 11.5 Å². The number of fused-ring (bicyclic) bond motifs is 2. The zero-order chi connectivity index (χ0) is 24.0. The highest BCUT2D eigenvalue weighted by molar-refractivity contribution is 14.1. The Bertz CT molecular complexity index is 1560. The predicted molar refractivity (Wildman–Crippen MR) is 149 cm³/mol. The van der Waals surface area contributed by atoms with Gasteiger partial charge in [0.15, 0.2) is 0 Å². The topological polar surface area (TPSA) is 55.2 Å². The van der Waals surface area contributed by atoms with Gasteiger partial charge in [0.2, 0.25) is 0 Å². The molecule has 0 aliphatic carbocycles. The number of aromatic nitrogens is 2. The van der Waals surface area contributed by atoms with Gasteiger partial charge in [0, 0.05) is 20.2 Å². The smallest absolute Gasteiger partial charge is 0.266 e. The summed E-state index contributed by atoms with van der Waals surface area (Å²) >= 11 is 5.74. The van der Waals surface area contributed by atoms with Crippen LogP contribution in [0.4, 0.5) is 5.69 Å². The van der Waals surface area contributed by atoms with Gasteiger partial charge in [0.1, 0.15) is 5.82 Å². The Balaban J connectivity index is 1.82. The van der Waals surface area contributed by atoms with Crippen molar-refractivity contribution in [2.24, 2.45) is 0 Å². The standard InChI is InChI=1S/C27H21BrIN3O2/c1-3-11-31-24-10-7-17(28)13-20(24)21(26(31)33)15-25-30-23-9-8-18(29)14-22(23)27(34)32(25)19-6-4-5-16(2)12-19/h4-10,12-15H,3,11H2,1-2H3. The zero-order valence-corrected chi connectivity index (χ0v) is 22.4. The molecule has 0 N–H and O–H groups in total. The van der Waals surface area contributed by atoms with E-state index in [1.165, 1.54) is 0 Å². The van der Waals surface area contributed by atoms with E-state index in [4.69, 9.17) is 4.98 Å². The molecule has 0 unspecified atom stereocenters. The van der Waals surface area contributed by atoms with E-state index in [1.54, 1.807) is 15.5 Å². The van der Waals surface area contributed by atoms with Gasteiger partial charge in [-0.2, -0.15) is 0 Å². The Morgan fingerprint density at radius 3 is 2.65 bits per heavy atom. The molecule has 4 aromatic rings. The number of carbonyl (C=O) groups is 1. The highest BCUT2D eigenvalue weighted by Gasteiger charge is 2.32. The van der Waals surface area contributed by atoms with Crippen LogP contribution in [-0.4, -0.2) is 22.0 Å². The summed E-state index contributed by atoms with van der Waals surface area (Å²) in [5, 5.41) is 0.545. The van der Waals surface area contributed by atoms with Crippen LogP contribution >= 0.6 is 38.5 Å². The molecule has 3 aromatic carbocycles. The Hall–Kier alpha value is -2.78. The summed E-state index contributed by atoms with van der Waals surface area (Å²) in [6, 6.07) is 19.2. The van der Waals surface area contributed by atoms with E-state index < -0.39 is 0 Å². The average Bonchev–Trinajstić information content (AvgIpc) is 3.05. The third kappa shape index (κ3) is 4.01. The number of halogens is 2. The number of hydrogen-bond donors (Lipinski definition) is 0. The van der Waals surface area contributed by atoms with Crippen LogP contribution in [0.1, 0.15) is 30.3 Å². The SMILES string of the molecule is CCCN1C(=O)C(=Cc2nc3ccc(I)cc3c(=O)n2-c2cccc(C)c2)c2cc(Br)ccc21. The summed E-state index contributed by atoms with van der Waals surface area (Å²) in [5.74, 6) is 0.347. The van der Waals surface area contributed by atoms with Gasteiger partial charge in [-0.15, -0.1) is 0 Å². The third-order valence-electron chi connectivity index (χ3n) is 5.85. The zero-order valence-electron chi connectivity index (χ0n) is 18.7. The summed E-state index contributed by atoms with van der Waals surface area (Å²) < 4.78 is 3.46. The molecule has 0 atom stereocenters. The molecule has 0 saturated carbocycles. The van der Waals surface area contributed by atoms with Crippen molar-refractivity contribution in [3.8, 4) is 5.69 Å². The number of nitrogens with zero attached hydrogens (tertiary/aromatic N) is 3. The lowest BCUT2D eigenvalue weighted by Gasteiger charge is -2.15. The van der Waals surface area contributed by atoms with Crippen LogP contribution in [0.3, 0.4) is 0 Å². The number of rotatable bonds is 4. The van der Waals surface area contributed by atoms with Gasteiger partial charge in [0.25, 0.3) is 11.5 Å². The van der Waals surface area contributed by atoms with Crippen LogP contribution in [0.15, 0.2) is 69.9 Å². The number of anilines is 1. The second-order valence-electron chi connectivity index (χ2n) is 8.29. The van der Waals surface area contributed by atoms with Crippen molar-refractivity contribution >= 4 is 72.7 Å². The summed E-state index contributed by atoms with van der Waals surface area (Å²) in [6.45, 7) is 4.66. The van der Waals surface area contributed by atoms with Crippen molar-refractivity contribution in [3.05, 3.63) is 96.0 Å². The van der Waals surface area contributed by atoms with Gasteiger partial charge in [-0.25, -0.2) is 4.98 Å². The highest BCUT2D eigenvalue weighted by Crippen LogP contribution is 2.39. The first kappa shape index (κ1) is 23.0. The van der Waals surface area contributed by atoms with Gasteiger partial charge < -0.3 is 4.90 Å². The fourth-order valence-electron chi connectivity index (χ4n) is 4.33. The molecule has 170 valence electrons. The maximum Gasteiger partial charge on any atom is 0.266 e. The average molecular weight is 626 g/mol. The Morgan fingerprint density at radius 1 is 1.06 bits per heavy atom. The number of amides is 1. The first-order chi connectivity index (χ1) is 16.4. The number of carbonyl (C=O) groups excluding carboxylic acids is 1. The van der Waals surface area contributed by atoms with E-state index in [1.807, 2.05) is 67.6 Å². The molecule has 1 aliphatic heterocycles. The first-order valence-electron chi connectivity index (χ1n) is 11.0. The van der Waals surface area contributed by atoms with E-state index in [9.17, 15) is 9.59 Å². The first-order valence-corrected chi connectivity index (χ1v) is 12.9.